The van der Waals surface area contributed by atoms with Gasteiger partial charge in [0.05, 0.1) is 24.5 Å². The summed E-state index contributed by atoms with van der Waals surface area (Å²) >= 11 is 0. The Hall–Kier alpha value is -3.15. The number of hydrogen-bond donors (Lipinski definition) is 1. The Morgan fingerprint density at radius 3 is 2.37 bits per heavy atom. The van der Waals surface area contributed by atoms with E-state index in [0.717, 1.165) is 10.8 Å². The lowest BCUT2D eigenvalue weighted by molar-refractivity contribution is -0.687. The van der Waals surface area contributed by atoms with Crippen LogP contribution in [0.1, 0.15) is 46.0 Å². The zero-order valence-electron chi connectivity index (χ0n) is 15.7. The summed E-state index contributed by atoms with van der Waals surface area (Å²) in [7, 11) is 0. The van der Waals surface area contributed by atoms with E-state index in [4.69, 9.17) is 9.47 Å². The third-order valence-corrected chi connectivity index (χ3v) is 4.37. The van der Waals surface area contributed by atoms with Gasteiger partial charge in [-0.3, -0.25) is 0 Å². The van der Waals surface area contributed by atoms with Crippen molar-refractivity contribution in [3.8, 4) is 0 Å². The number of fused-ring (bicyclic) bond motifs is 1. The zero-order chi connectivity index (χ0) is 19.4. The number of aromatic amines is 1. The second-order valence-corrected chi connectivity index (χ2v) is 6.17. The van der Waals surface area contributed by atoms with E-state index in [1.807, 2.05) is 47.3 Å². The minimum atomic E-state index is -0.477. The molecule has 6 heteroatoms. The molecule has 0 radical (unpaired) electrons. The Balaban J connectivity index is 2.02. The standard InChI is InChI=1S/C21H22N2O4/c1-4-26-20(24)18-14(3)19(21(25)27-5-2)22-17(18)13-23-11-10-15-8-6-7-9-16(15)12-23/h6-12H,4-5,13H2,1-3H3/p+1. The highest BCUT2D eigenvalue weighted by Crippen LogP contribution is 2.21. The second-order valence-electron chi connectivity index (χ2n) is 6.17. The van der Waals surface area contributed by atoms with Crippen molar-refractivity contribution in [3.05, 3.63) is 65.2 Å². The van der Waals surface area contributed by atoms with Crippen molar-refractivity contribution in [2.45, 2.75) is 27.3 Å². The fraction of sp³-hybridized carbons (Fsp3) is 0.286. The van der Waals surface area contributed by atoms with Crippen LogP contribution < -0.4 is 4.57 Å². The number of benzene rings is 1. The van der Waals surface area contributed by atoms with Gasteiger partial charge in [-0.25, -0.2) is 9.59 Å². The third-order valence-electron chi connectivity index (χ3n) is 4.37. The van der Waals surface area contributed by atoms with Crippen LogP contribution in [0.2, 0.25) is 0 Å². The fourth-order valence-electron chi connectivity index (χ4n) is 3.12. The Morgan fingerprint density at radius 1 is 1.00 bits per heavy atom. The zero-order valence-corrected chi connectivity index (χ0v) is 15.7. The predicted octanol–water partition coefficient (Wildman–Crippen LogP) is 3.17. The highest BCUT2D eigenvalue weighted by Gasteiger charge is 2.27. The summed E-state index contributed by atoms with van der Waals surface area (Å²) in [6, 6.07) is 10.1. The van der Waals surface area contributed by atoms with Crippen LogP contribution in [0.15, 0.2) is 42.7 Å². The highest BCUT2D eigenvalue weighted by molar-refractivity contribution is 5.98. The quantitative estimate of drug-likeness (QED) is 0.537. The number of esters is 2. The number of pyridine rings is 1. The van der Waals surface area contributed by atoms with Gasteiger partial charge in [-0.1, -0.05) is 18.2 Å². The van der Waals surface area contributed by atoms with Gasteiger partial charge in [0.2, 0.25) is 0 Å². The molecule has 6 nitrogen and oxygen atoms in total. The van der Waals surface area contributed by atoms with Crippen molar-refractivity contribution < 1.29 is 23.6 Å². The van der Waals surface area contributed by atoms with Gasteiger partial charge in [-0.05, 0) is 37.8 Å². The highest BCUT2D eigenvalue weighted by atomic mass is 16.5. The maximum absolute atomic E-state index is 12.5. The largest absolute Gasteiger partial charge is 0.462 e. The van der Waals surface area contributed by atoms with E-state index >= 15 is 0 Å². The summed E-state index contributed by atoms with van der Waals surface area (Å²) in [6.45, 7) is 6.16. The van der Waals surface area contributed by atoms with Crippen LogP contribution in [-0.4, -0.2) is 30.1 Å². The second kappa shape index (κ2) is 8.03. The van der Waals surface area contributed by atoms with Crippen molar-refractivity contribution in [1.82, 2.24) is 4.98 Å². The minimum absolute atomic E-state index is 0.265. The first-order valence-corrected chi connectivity index (χ1v) is 8.98. The Bertz CT molecular complexity index is 991. The van der Waals surface area contributed by atoms with Crippen molar-refractivity contribution in [2.24, 2.45) is 0 Å². The number of rotatable bonds is 6. The maximum Gasteiger partial charge on any atom is 0.355 e. The molecular weight excluding hydrogens is 344 g/mol. The number of carbonyl (C=O) groups excluding carboxylic acids is 2. The summed E-state index contributed by atoms with van der Waals surface area (Å²) in [6.07, 6.45) is 3.95. The molecule has 0 aliphatic heterocycles. The number of nitrogens with zero attached hydrogens (tertiary/aromatic N) is 1. The van der Waals surface area contributed by atoms with Gasteiger partial charge in [0.1, 0.15) is 5.69 Å². The molecule has 2 heterocycles. The van der Waals surface area contributed by atoms with E-state index in [9.17, 15) is 9.59 Å². The normalized spacial score (nSPS) is 10.8. The molecule has 0 amide bonds. The van der Waals surface area contributed by atoms with Gasteiger partial charge in [-0.2, -0.15) is 4.57 Å². The molecule has 3 rings (SSSR count). The number of ether oxygens (including phenoxy) is 2. The lowest BCUT2D eigenvalue weighted by Gasteiger charge is -2.04. The first kappa shape index (κ1) is 18.6. The van der Waals surface area contributed by atoms with Crippen LogP contribution in [-0.2, 0) is 16.0 Å². The monoisotopic (exact) mass is 367 g/mol. The van der Waals surface area contributed by atoms with E-state index in [1.165, 1.54) is 0 Å². The van der Waals surface area contributed by atoms with Crippen LogP contribution in [0.3, 0.4) is 0 Å². The Kier molecular flexibility index (Phi) is 5.54. The van der Waals surface area contributed by atoms with Crippen molar-refractivity contribution in [3.63, 3.8) is 0 Å². The van der Waals surface area contributed by atoms with Gasteiger partial charge in [0, 0.05) is 11.5 Å². The van der Waals surface area contributed by atoms with E-state index in [2.05, 4.69) is 4.98 Å². The molecule has 0 unspecified atom stereocenters. The predicted molar refractivity (Wildman–Crippen MR) is 101 cm³/mol. The molecule has 0 aliphatic rings. The molecule has 27 heavy (non-hydrogen) atoms. The first-order chi connectivity index (χ1) is 13.0. The Morgan fingerprint density at radius 2 is 1.67 bits per heavy atom. The summed E-state index contributed by atoms with van der Waals surface area (Å²) in [5.74, 6) is -0.923. The van der Waals surface area contributed by atoms with E-state index in [0.29, 0.717) is 23.4 Å². The summed E-state index contributed by atoms with van der Waals surface area (Å²) < 4.78 is 12.2. The van der Waals surface area contributed by atoms with Gasteiger partial charge >= 0.3 is 11.9 Å². The number of H-pyrrole nitrogens is 1. The maximum atomic E-state index is 12.5. The lowest BCUT2D eigenvalue weighted by atomic mass is 10.1. The average Bonchev–Trinajstić information content (AvgIpc) is 2.98. The van der Waals surface area contributed by atoms with E-state index in [1.54, 1.807) is 20.8 Å². The molecule has 3 aromatic rings. The average molecular weight is 367 g/mol. The molecule has 0 atom stereocenters. The molecule has 0 saturated carbocycles. The van der Waals surface area contributed by atoms with E-state index < -0.39 is 11.9 Å². The molecule has 0 spiro atoms. The van der Waals surface area contributed by atoms with Gasteiger partial charge in [0.15, 0.2) is 18.9 Å². The molecule has 1 N–H and O–H groups in total. The number of hydrogen-bond acceptors (Lipinski definition) is 4. The molecule has 0 fully saturated rings. The van der Waals surface area contributed by atoms with Crippen LogP contribution in [0.5, 0.6) is 0 Å². The molecule has 140 valence electrons. The van der Waals surface area contributed by atoms with Gasteiger partial charge in [-0.15, -0.1) is 0 Å². The minimum Gasteiger partial charge on any atom is -0.462 e. The van der Waals surface area contributed by atoms with Crippen LogP contribution in [0.25, 0.3) is 10.8 Å². The Labute approximate surface area is 157 Å². The number of aromatic nitrogens is 2. The molecule has 0 saturated heterocycles. The SMILES string of the molecule is CCOC(=O)c1[nH]c(C[n+]2ccc3ccccc3c2)c(C(=O)OCC)c1C. The van der Waals surface area contributed by atoms with Crippen LogP contribution >= 0.6 is 0 Å². The van der Waals surface area contributed by atoms with Crippen LogP contribution in [0, 0.1) is 6.92 Å². The topological polar surface area (TPSA) is 72.3 Å². The molecule has 1 aromatic carbocycles. The molecule has 0 aliphatic carbocycles. The summed E-state index contributed by atoms with van der Waals surface area (Å²) in [4.78, 5) is 27.8. The third kappa shape index (κ3) is 3.84. The van der Waals surface area contributed by atoms with Crippen molar-refractivity contribution in [1.29, 1.82) is 0 Å². The smallest absolute Gasteiger partial charge is 0.355 e. The summed E-state index contributed by atoms with van der Waals surface area (Å²) in [5.41, 5.74) is 1.84. The number of nitrogens with one attached hydrogen (secondary N) is 1. The first-order valence-electron chi connectivity index (χ1n) is 8.98. The molecule has 0 bridgehead atoms. The van der Waals surface area contributed by atoms with Crippen LogP contribution in [0.4, 0.5) is 0 Å². The number of carbonyl (C=O) groups is 2. The van der Waals surface area contributed by atoms with Gasteiger partial charge < -0.3 is 14.5 Å². The van der Waals surface area contributed by atoms with Crippen molar-refractivity contribution in [2.75, 3.05) is 13.2 Å². The van der Waals surface area contributed by atoms with Crippen molar-refractivity contribution >= 4 is 22.7 Å². The molecular formula is C21H23N2O4+. The fourth-order valence-corrected chi connectivity index (χ4v) is 3.12. The van der Waals surface area contributed by atoms with Gasteiger partial charge in [0.25, 0.3) is 0 Å². The molecule has 2 aromatic heterocycles. The lowest BCUT2D eigenvalue weighted by Crippen LogP contribution is -2.34. The van der Waals surface area contributed by atoms with E-state index in [-0.39, 0.29) is 18.9 Å². The summed E-state index contributed by atoms with van der Waals surface area (Å²) in [5, 5.41) is 2.22.